The van der Waals surface area contributed by atoms with E-state index in [-0.39, 0.29) is 24.5 Å². The Kier molecular flexibility index (Phi) is 7.72. The van der Waals surface area contributed by atoms with Crippen molar-refractivity contribution in [1.82, 2.24) is 10.7 Å². The van der Waals surface area contributed by atoms with Crippen molar-refractivity contribution in [2.24, 2.45) is 0 Å². The number of hydrogen-bond donors (Lipinski definition) is 2. The molecule has 5 heteroatoms. The first kappa shape index (κ1) is 15.9. The zero-order chi connectivity index (χ0) is 10.5. The Labute approximate surface area is 92.3 Å². The van der Waals surface area contributed by atoms with Gasteiger partial charge in [-0.1, -0.05) is 13.5 Å². The molecule has 0 saturated carbocycles. The zero-order valence-electron chi connectivity index (χ0n) is 9.30. The van der Waals surface area contributed by atoms with Crippen LogP contribution >= 0.6 is 0 Å². The van der Waals surface area contributed by atoms with Gasteiger partial charge >= 0.3 is 0 Å². The first-order chi connectivity index (χ1) is 5.89. The van der Waals surface area contributed by atoms with E-state index in [1.54, 1.807) is 0 Å². The number of quaternary nitrogens is 1. The molecule has 0 aliphatic heterocycles. The highest BCUT2D eigenvalue weighted by molar-refractivity contribution is 5.86. The van der Waals surface area contributed by atoms with Crippen molar-refractivity contribution in [1.29, 1.82) is 0 Å². The minimum absolute atomic E-state index is 0. The summed E-state index contributed by atoms with van der Waals surface area (Å²) in [6, 6.07) is 0. The lowest BCUT2D eigenvalue weighted by molar-refractivity contribution is -0.918. The SMILES string of the molecule is C=CC(=O)NC(CC)N[N+](C)(C)C.[Cl-]. The van der Waals surface area contributed by atoms with Gasteiger partial charge in [0.1, 0.15) is 6.17 Å². The average Bonchev–Trinajstić information content (AvgIpc) is 2.00. The number of hydrogen-bond acceptors (Lipinski definition) is 2. The molecule has 0 saturated heterocycles. The number of nitrogens with one attached hydrogen (secondary N) is 2. The Bertz CT molecular complexity index is 189. The van der Waals surface area contributed by atoms with Crippen LogP contribution in [0.1, 0.15) is 13.3 Å². The molecule has 0 fully saturated rings. The van der Waals surface area contributed by atoms with E-state index < -0.39 is 0 Å². The molecule has 0 aliphatic carbocycles. The Morgan fingerprint density at radius 2 is 2.00 bits per heavy atom. The predicted molar refractivity (Wildman–Crippen MR) is 53.6 cm³/mol. The van der Waals surface area contributed by atoms with Gasteiger partial charge in [0.15, 0.2) is 0 Å². The van der Waals surface area contributed by atoms with Crippen LogP contribution in [0.3, 0.4) is 0 Å². The van der Waals surface area contributed by atoms with E-state index in [4.69, 9.17) is 0 Å². The summed E-state index contributed by atoms with van der Waals surface area (Å²) < 4.78 is 0.607. The van der Waals surface area contributed by atoms with Gasteiger partial charge in [-0.25, -0.2) is 0 Å². The minimum atomic E-state index is -0.146. The maximum atomic E-state index is 11.0. The van der Waals surface area contributed by atoms with Gasteiger partial charge in [-0.05, 0) is 12.5 Å². The second-order valence-corrected chi connectivity index (χ2v) is 3.82. The molecule has 84 valence electrons. The Morgan fingerprint density at radius 3 is 2.29 bits per heavy atom. The highest BCUT2D eigenvalue weighted by Gasteiger charge is 2.15. The third kappa shape index (κ3) is 8.04. The smallest absolute Gasteiger partial charge is 0.244 e. The lowest BCUT2D eigenvalue weighted by Gasteiger charge is -2.29. The summed E-state index contributed by atoms with van der Waals surface area (Å²) in [5, 5.41) is 2.79. The van der Waals surface area contributed by atoms with Crippen molar-refractivity contribution in [3.63, 3.8) is 0 Å². The first-order valence-corrected chi connectivity index (χ1v) is 4.41. The number of nitrogens with zero attached hydrogens (tertiary/aromatic N) is 1. The molecule has 1 atom stereocenters. The number of carbonyl (C=O) groups excluding carboxylic acids is 1. The number of carbonyl (C=O) groups is 1. The summed E-state index contributed by atoms with van der Waals surface area (Å²) in [7, 11) is 6.01. The molecule has 0 spiro atoms. The van der Waals surface area contributed by atoms with E-state index >= 15 is 0 Å². The Morgan fingerprint density at radius 1 is 1.50 bits per heavy atom. The van der Waals surface area contributed by atoms with Crippen LogP contribution in [-0.2, 0) is 4.79 Å². The van der Waals surface area contributed by atoms with Gasteiger partial charge in [-0.2, -0.15) is 0 Å². The van der Waals surface area contributed by atoms with E-state index in [1.165, 1.54) is 6.08 Å². The molecule has 0 radical (unpaired) electrons. The molecule has 2 N–H and O–H groups in total. The molecule has 1 unspecified atom stereocenters. The highest BCUT2D eigenvalue weighted by Crippen LogP contribution is 1.91. The van der Waals surface area contributed by atoms with Crippen LogP contribution in [-0.4, -0.2) is 37.8 Å². The van der Waals surface area contributed by atoms with Gasteiger partial charge in [-0.3, -0.25) is 9.39 Å². The van der Waals surface area contributed by atoms with Crippen LogP contribution in [0.15, 0.2) is 12.7 Å². The fraction of sp³-hybridized carbons (Fsp3) is 0.667. The van der Waals surface area contributed by atoms with Crippen molar-refractivity contribution >= 4 is 5.91 Å². The molecule has 0 aliphatic rings. The maximum absolute atomic E-state index is 11.0. The second-order valence-electron chi connectivity index (χ2n) is 3.82. The van der Waals surface area contributed by atoms with Crippen LogP contribution in [0.5, 0.6) is 0 Å². The topological polar surface area (TPSA) is 41.1 Å². The molecule has 0 rings (SSSR count). The summed E-state index contributed by atoms with van der Waals surface area (Å²) in [6.07, 6.45) is 2.11. The van der Waals surface area contributed by atoms with Crippen molar-refractivity contribution in [3.8, 4) is 0 Å². The normalized spacial score (nSPS) is 12.6. The Hall–Kier alpha value is -0.580. The van der Waals surface area contributed by atoms with E-state index in [1.807, 2.05) is 28.1 Å². The molecular weight excluding hydrogens is 202 g/mol. The zero-order valence-corrected chi connectivity index (χ0v) is 10.1. The number of rotatable bonds is 5. The van der Waals surface area contributed by atoms with Gasteiger partial charge in [0.25, 0.3) is 0 Å². The molecule has 14 heavy (non-hydrogen) atoms. The molecule has 4 nitrogen and oxygen atoms in total. The van der Waals surface area contributed by atoms with Crippen LogP contribution in [0.2, 0.25) is 0 Å². The van der Waals surface area contributed by atoms with Crippen molar-refractivity contribution in [2.75, 3.05) is 21.1 Å². The summed E-state index contributed by atoms with van der Waals surface area (Å²) in [5.41, 5.74) is 3.23. The molecule has 0 aromatic carbocycles. The van der Waals surface area contributed by atoms with E-state index in [2.05, 4.69) is 17.3 Å². The minimum Gasteiger partial charge on any atom is -1.00 e. The van der Waals surface area contributed by atoms with Gasteiger partial charge in [0.05, 0.1) is 21.1 Å². The first-order valence-electron chi connectivity index (χ1n) is 4.41. The van der Waals surface area contributed by atoms with E-state index in [9.17, 15) is 4.79 Å². The van der Waals surface area contributed by atoms with Crippen LogP contribution in [0.25, 0.3) is 0 Å². The van der Waals surface area contributed by atoms with Gasteiger partial charge in [0.2, 0.25) is 5.91 Å². The summed E-state index contributed by atoms with van der Waals surface area (Å²) in [6.45, 7) is 5.41. The lowest BCUT2D eigenvalue weighted by Crippen LogP contribution is -3.00. The monoisotopic (exact) mass is 221 g/mol. The fourth-order valence-corrected chi connectivity index (χ4v) is 0.924. The number of halogens is 1. The van der Waals surface area contributed by atoms with Crippen LogP contribution < -0.4 is 23.1 Å². The molecule has 0 bridgehead atoms. The van der Waals surface area contributed by atoms with Crippen LogP contribution in [0.4, 0.5) is 0 Å². The molecular formula is C9H20ClN3O. The quantitative estimate of drug-likeness (QED) is 0.229. The molecule has 0 aromatic rings. The van der Waals surface area contributed by atoms with Gasteiger partial charge in [-0.15, -0.1) is 5.43 Å². The van der Waals surface area contributed by atoms with Gasteiger partial charge < -0.3 is 17.7 Å². The fourth-order valence-electron chi connectivity index (χ4n) is 0.924. The predicted octanol–water partition coefficient (Wildman–Crippen LogP) is -2.76. The van der Waals surface area contributed by atoms with Crippen LogP contribution in [0, 0.1) is 0 Å². The number of amides is 1. The maximum Gasteiger partial charge on any atom is 0.244 e. The molecule has 0 aromatic heterocycles. The average molecular weight is 222 g/mol. The van der Waals surface area contributed by atoms with Crippen molar-refractivity contribution in [3.05, 3.63) is 12.7 Å². The van der Waals surface area contributed by atoms with Gasteiger partial charge in [0, 0.05) is 0 Å². The summed E-state index contributed by atoms with van der Waals surface area (Å²) >= 11 is 0. The summed E-state index contributed by atoms with van der Waals surface area (Å²) in [4.78, 5) is 11.0. The third-order valence-corrected chi connectivity index (χ3v) is 1.45. The molecule has 0 heterocycles. The lowest BCUT2D eigenvalue weighted by atomic mass is 10.3. The second kappa shape index (κ2) is 6.81. The highest BCUT2D eigenvalue weighted by atomic mass is 35.5. The van der Waals surface area contributed by atoms with E-state index in [0.29, 0.717) is 4.59 Å². The van der Waals surface area contributed by atoms with Crippen molar-refractivity contribution in [2.45, 2.75) is 19.5 Å². The van der Waals surface area contributed by atoms with E-state index in [0.717, 1.165) is 6.42 Å². The standard InChI is InChI=1S/C9H19N3O.ClH/c1-6-8(10-9(13)7-2)11-12(3,4)5;/h7-8,11H,2,6H2,1,3-5H3;1H. The third-order valence-electron chi connectivity index (χ3n) is 1.45. The van der Waals surface area contributed by atoms with Crippen molar-refractivity contribution < 1.29 is 21.8 Å². The largest absolute Gasteiger partial charge is 1.00 e. The summed E-state index contributed by atoms with van der Waals surface area (Å²) in [5.74, 6) is -0.146. The Balaban J connectivity index is 0. The molecule has 1 amide bonds.